The Labute approximate surface area is 114 Å². The van der Waals surface area contributed by atoms with Gasteiger partial charge in [0.25, 0.3) is 0 Å². The molecule has 0 aromatic rings. The van der Waals surface area contributed by atoms with E-state index in [0.717, 1.165) is 32.2 Å². The Morgan fingerprint density at radius 3 is 2.42 bits per heavy atom. The van der Waals surface area contributed by atoms with Crippen LogP contribution in [0.5, 0.6) is 0 Å². The van der Waals surface area contributed by atoms with Crippen LogP contribution in [0.1, 0.15) is 57.8 Å². The van der Waals surface area contributed by atoms with E-state index >= 15 is 0 Å². The fraction of sp³-hybridized carbons (Fsp3) is 0.867. The molecule has 0 aromatic heterocycles. The van der Waals surface area contributed by atoms with Crippen LogP contribution < -0.4 is 5.32 Å². The van der Waals surface area contributed by atoms with Crippen molar-refractivity contribution in [2.45, 2.75) is 63.3 Å². The summed E-state index contributed by atoms with van der Waals surface area (Å²) in [4.78, 5) is 26.7. The van der Waals surface area contributed by atoms with Crippen molar-refractivity contribution in [3.8, 4) is 0 Å². The molecule has 0 atom stereocenters. The summed E-state index contributed by atoms with van der Waals surface area (Å²) < 4.78 is 0. The first-order valence-corrected chi connectivity index (χ1v) is 7.81. The predicted molar refractivity (Wildman–Crippen MR) is 72.5 cm³/mol. The number of nitrogens with one attached hydrogen (secondary N) is 1. The molecule has 3 aliphatic rings. The van der Waals surface area contributed by atoms with Gasteiger partial charge in [-0.15, -0.1) is 0 Å². The molecule has 0 radical (unpaired) electrons. The first-order chi connectivity index (χ1) is 9.22. The minimum atomic E-state index is -0.504. The molecule has 4 nitrogen and oxygen atoms in total. The van der Waals surface area contributed by atoms with E-state index in [9.17, 15) is 9.59 Å². The van der Waals surface area contributed by atoms with Crippen LogP contribution in [0.3, 0.4) is 0 Å². The molecule has 19 heavy (non-hydrogen) atoms. The van der Waals surface area contributed by atoms with Crippen molar-refractivity contribution in [2.75, 3.05) is 13.1 Å². The van der Waals surface area contributed by atoms with Crippen molar-refractivity contribution in [3.05, 3.63) is 0 Å². The van der Waals surface area contributed by atoms with Gasteiger partial charge >= 0.3 is 0 Å². The average Bonchev–Trinajstić information content (AvgIpc) is 2.94. The summed E-state index contributed by atoms with van der Waals surface area (Å²) in [5.41, 5.74) is -0.504. The highest BCUT2D eigenvalue weighted by Gasteiger charge is 2.49. The zero-order chi connectivity index (χ0) is 13.3. The van der Waals surface area contributed by atoms with E-state index in [0.29, 0.717) is 5.92 Å². The summed E-state index contributed by atoms with van der Waals surface area (Å²) in [6, 6.07) is 0. The van der Waals surface area contributed by atoms with Gasteiger partial charge < -0.3 is 10.2 Å². The molecular weight excluding hydrogens is 240 g/mol. The van der Waals surface area contributed by atoms with Crippen molar-refractivity contribution in [3.63, 3.8) is 0 Å². The Balaban J connectivity index is 1.82. The van der Waals surface area contributed by atoms with Crippen molar-refractivity contribution in [1.29, 1.82) is 0 Å². The van der Waals surface area contributed by atoms with Crippen molar-refractivity contribution >= 4 is 11.8 Å². The largest absolute Gasteiger partial charge is 0.345 e. The van der Waals surface area contributed by atoms with Crippen LogP contribution in [0, 0.1) is 5.92 Å². The number of rotatable bonds is 2. The fourth-order valence-electron chi connectivity index (χ4n) is 4.14. The number of hydrogen-bond donors (Lipinski definition) is 1. The molecule has 0 aromatic carbocycles. The van der Waals surface area contributed by atoms with Crippen molar-refractivity contribution < 1.29 is 9.59 Å². The molecule has 1 saturated heterocycles. The van der Waals surface area contributed by atoms with Gasteiger partial charge in [0.1, 0.15) is 5.54 Å². The number of carbonyl (C=O) groups excluding carboxylic acids is 2. The Morgan fingerprint density at radius 2 is 1.74 bits per heavy atom. The molecule has 1 spiro atoms. The summed E-state index contributed by atoms with van der Waals surface area (Å²) in [6.07, 6.45) is 10.1. The molecular formula is C15H24N2O2. The van der Waals surface area contributed by atoms with E-state index in [-0.39, 0.29) is 18.4 Å². The minimum Gasteiger partial charge on any atom is -0.345 e. The lowest BCUT2D eigenvalue weighted by molar-refractivity contribution is -0.157. The zero-order valence-electron chi connectivity index (χ0n) is 11.6. The third kappa shape index (κ3) is 2.26. The normalized spacial score (nSPS) is 27.9. The SMILES string of the molecule is O=C1CNC(=O)C2(CCCCC2)N1CC1CCCC1. The zero-order valence-corrected chi connectivity index (χ0v) is 11.6. The van der Waals surface area contributed by atoms with Gasteiger partial charge in [-0.05, 0) is 31.6 Å². The summed E-state index contributed by atoms with van der Waals surface area (Å²) in [7, 11) is 0. The number of piperazine rings is 1. The topological polar surface area (TPSA) is 49.4 Å². The summed E-state index contributed by atoms with van der Waals surface area (Å²) in [5, 5.41) is 2.82. The lowest BCUT2D eigenvalue weighted by Crippen LogP contribution is -2.68. The van der Waals surface area contributed by atoms with Gasteiger partial charge in [-0.25, -0.2) is 0 Å². The quantitative estimate of drug-likeness (QED) is 0.827. The molecule has 1 aliphatic heterocycles. The number of hydrogen-bond acceptors (Lipinski definition) is 2. The molecule has 2 aliphatic carbocycles. The number of carbonyl (C=O) groups is 2. The highest BCUT2D eigenvalue weighted by atomic mass is 16.2. The Morgan fingerprint density at radius 1 is 1.05 bits per heavy atom. The van der Waals surface area contributed by atoms with E-state index < -0.39 is 5.54 Å². The second-order valence-electron chi connectivity index (χ2n) is 6.43. The molecule has 4 heteroatoms. The summed E-state index contributed by atoms with van der Waals surface area (Å²) in [6.45, 7) is 1.01. The summed E-state index contributed by atoms with van der Waals surface area (Å²) in [5.74, 6) is 0.854. The number of nitrogens with zero attached hydrogens (tertiary/aromatic N) is 1. The standard InChI is InChI=1S/C15H24N2O2/c18-13-10-16-14(19)15(8-4-1-5-9-15)17(13)11-12-6-2-3-7-12/h12H,1-11H2,(H,16,19). The first-order valence-electron chi connectivity index (χ1n) is 7.81. The van der Waals surface area contributed by atoms with E-state index in [1.165, 1.54) is 32.1 Å². The summed E-state index contributed by atoms with van der Waals surface area (Å²) >= 11 is 0. The van der Waals surface area contributed by atoms with Crippen LogP contribution >= 0.6 is 0 Å². The highest BCUT2D eigenvalue weighted by molar-refractivity contribution is 5.98. The van der Waals surface area contributed by atoms with Crippen LogP contribution in [0.25, 0.3) is 0 Å². The fourth-order valence-corrected chi connectivity index (χ4v) is 4.14. The van der Waals surface area contributed by atoms with E-state index in [1.54, 1.807) is 0 Å². The predicted octanol–water partition coefficient (Wildman–Crippen LogP) is 1.84. The molecule has 1 heterocycles. The monoisotopic (exact) mass is 264 g/mol. The van der Waals surface area contributed by atoms with Crippen LogP contribution in [-0.2, 0) is 9.59 Å². The van der Waals surface area contributed by atoms with E-state index in [4.69, 9.17) is 0 Å². The molecule has 1 N–H and O–H groups in total. The Hall–Kier alpha value is -1.06. The smallest absolute Gasteiger partial charge is 0.246 e. The van der Waals surface area contributed by atoms with Gasteiger partial charge in [0.15, 0.2) is 0 Å². The molecule has 0 bridgehead atoms. The van der Waals surface area contributed by atoms with Gasteiger partial charge in [-0.1, -0.05) is 32.1 Å². The molecule has 3 rings (SSSR count). The van der Waals surface area contributed by atoms with Gasteiger partial charge in [-0.3, -0.25) is 9.59 Å². The lowest BCUT2D eigenvalue weighted by atomic mass is 9.77. The van der Waals surface area contributed by atoms with Gasteiger partial charge in [-0.2, -0.15) is 0 Å². The Kier molecular flexibility index (Phi) is 3.50. The molecule has 2 saturated carbocycles. The maximum absolute atomic E-state index is 12.4. The van der Waals surface area contributed by atoms with Crippen LogP contribution in [0.2, 0.25) is 0 Å². The second kappa shape index (κ2) is 5.14. The Bertz CT molecular complexity index is 368. The minimum absolute atomic E-state index is 0.102. The molecule has 3 fully saturated rings. The highest BCUT2D eigenvalue weighted by Crippen LogP contribution is 2.37. The van der Waals surface area contributed by atoms with Crippen LogP contribution in [0.4, 0.5) is 0 Å². The molecule has 106 valence electrons. The van der Waals surface area contributed by atoms with Crippen molar-refractivity contribution in [2.24, 2.45) is 5.92 Å². The van der Waals surface area contributed by atoms with Gasteiger partial charge in [0.2, 0.25) is 11.8 Å². The third-order valence-electron chi connectivity index (χ3n) is 5.24. The maximum atomic E-state index is 12.4. The molecule has 2 amide bonds. The lowest BCUT2D eigenvalue weighted by Gasteiger charge is -2.48. The van der Waals surface area contributed by atoms with Gasteiger partial charge in [0, 0.05) is 6.54 Å². The third-order valence-corrected chi connectivity index (χ3v) is 5.24. The maximum Gasteiger partial charge on any atom is 0.246 e. The van der Waals surface area contributed by atoms with Gasteiger partial charge in [0.05, 0.1) is 6.54 Å². The van der Waals surface area contributed by atoms with Crippen LogP contribution in [0.15, 0.2) is 0 Å². The molecule has 0 unspecified atom stereocenters. The average molecular weight is 264 g/mol. The van der Waals surface area contributed by atoms with E-state index in [1.807, 2.05) is 4.90 Å². The van der Waals surface area contributed by atoms with Crippen LogP contribution in [-0.4, -0.2) is 35.3 Å². The van der Waals surface area contributed by atoms with Crippen molar-refractivity contribution in [1.82, 2.24) is 10.2 Å². The second-order valence-corrected chi connectivity index (χ2v) is 6.43. The van der Waals surface area contributed by atoms with E-state index in [2.05, 4.69) is 5.32 Å². The first kappa shape index (κ1) is 12.9. The number of amides is 2.